The molecule has 1 atom stereocenters. The topological polar surface area (TPSA) is 78.4 Å². The second-order valence-corrected chi connectivity index (χ2v) is 7.03. The van der Waals surface area contributed by atoms with Crippen LogP contribution in [0.2, 0.25) is 0 Å². The van der Waals surface area contributed by atoms with E-state index in [4.69, 9.17) is 4.98 Å². The predicted molar refractivity (Wildman–Crippen MR) is 104 cm³/mol. The highest BCUT2D eigenvalue weighted by Gasteiger charge is 2.33. The molecule has 148 valence electrons. The highest BCUT2D eigenvalue weighted by Crippen LogP contribution is 2.37. The van der Waals surface area contributed by atoms with Gasteiger partial charge in [-0.15, -0.1) is 0 Å². The molecule has 0 radical (unpaired) electrons. The van der Waals surface area contributed by atoms with E-state index in [2.05, 4.69) is 10.3 Å². The minimum Gasteiger partial charge on any atom is -0.347 e. The van der Waals surface area contributed by atoms with Gasteiger partial charge in [-0.3, -0.25) is 9.59 Å². The van der Waals surface area contributed by atoms with E-state index < -0.39 is 0 Å². The Bertz CT molecular complexity index is 887. The number of amides is 2. The molecule has 1 aromatic carbocycles. The molecule has 1 saturated heterocycles. The Morgan fingerprint density at radius 2 is 2.14 bits per heavy atom. The van der Waals surface area contributed by atoms with Gasteiger partial charge in [0.25, 0.3) is 0 Å². The average Bonchev–Trinajstić information content (AvgIpc) is 3.15. The fraction of sp³-hybridized carbons (Fsp3) is 0.400. The number of carbonyl (C=O) groups excluding carboxylic acids is 2. The van der Waals surface area contributed by atoms with Crippen molar-refractivity contribution in [2.75, 3.05) is 32.1 Å². The Balaban J connectivity index is 2.01. The highest BCUT2D eigenvalue weighted by molar-refractivity contribution is 5.84. The molecule has 0 spiro atoms. The standard InChI is InChI=1S/C20H24FN5O2/c1-13(27)22-12-18(28)26-9-5-8-17(26)19-16(11-23-20(24-19)25(2)3)14-6-4-7-15(21)10-14/h4,6-7,10-11,17H,5,8-9,12H2,1-3H3,(H,22,27)/t17-/m1/s1. The fourth-order valence-corrected chi connectivity index (χ4v) is 3.38. The maximum atomic E-state index is 13.8. The van der Waals surface area contributed by atoms with Gasteiger partial charge in [0, 0.05) is 39.3 Å². The Morgan fingerprint density at radius 1 is 1.36 bits per heavy atom. The van der Waals surface area contributed by atoms with Gasteiger partial charge in [-0.1, -0.05) is 12.1 Å². The van der Waals surface area contributed by atoms with Gasteiger partial charge in [0.1, 0.15) is 5.82 Å². The molecule has 1 aliphatic heterocycles. The van der Waals surface area contributed by atoms with Gasteiger partial charge in [0.05, 0.1) is 18.3 Å². The van der Waals surface area contributed by atoms with Gasteiger partial charge < -0.3 is 15.1 Å². The van der Waals surface area contributed by atoms with Crippen molar-refractivity contribution in [3.63, 3.8) is 0 Å². The molecule has 7 nitrogen and oxygen atoms in total. The third kappa shape index (κ3) is 4.27. The number of nitrogens with zero attached hydrogens (tertiary/aromatic N) is 4. The lowest BCUT2D eigenvalue weighted by atomic mass is 9.99. The highest BCUT2D eigenvalue weighted by atomic mass is 19.1. The van der Waals surface area contributed by atoms with Crippen LogP contribution in [0, 0.1) is 5.82 Å². The molecular formula is C20H24FN5O2. The lowest BCUT2D eigenvalue weighted by Crippen LogP contribution is -2.39. The van der Waals surface area contributed by atoms with Crippen LogP contribution in [-0.4, -0.2) is 53.9 Å². The zero-order valence-electron chi connectivity index (χ0n) is 16.3. The van der Waals surface area contributed by atoms with Crippen LogP contribution in [-0.2, 0) is 9.59 Å². The van der Waals surface area contributed by atoms with Crippen molar-refractivity contribution >= 4 is 17.8 Å². The number of hydrogen-bond donors (Lipinski definition) is 1. The van der Waals surface area contributed by atoms with Crippen LogP contribution in [0.15, 0.2) is 30.5 Å². The van der Waals surface area contributed by atoms with Crippen molar-refractivity contribution in [1.82, 2.24) is 20.2 Å². The van der Waals surface area contributed by atoms with Gasteiger partial charge in [-0.05, 0) is 30.5 Å². The number of aromatic nitrogens is 2. The molecule has 2 aromatic rings. The molecule has 1 N–H and O–H groups in total. The zero-order chi connectivity index (χ0) is 20.3. The normalized spacial score (nSPS) is 16.1. The summed E-state index contributed by atoms with van der Waals surface area (Å²) in [4.78, 5) is 36.4. The summed E-state index contributed by atoms with van der Waals surface area (Å²) in [6.07, 6.45) is 3.26. The molecule has 1 aromatic heterocycles. The molecule has 0 saturated carbocycles. The van der Waals surface area contributed by atoms with E-state index in [1.54, 1.807) is 28.1 Å². The molecule has 2 amide bonds. The Morgan fingerprint density at radius 3 is 2.82 bits per heavy atom. The van der Waals surface area contributed by atoms with Crippen LogP contribution < -0.4 is 10.2 Å². The van der Waals surface area contributed by atoms with E-state index in [9.17, 15) is 14.0 Å². The summed E-state index contributed by atoms with van der Waals surface area (Å²) in [6.45, 7) is 1.92. The van der Waals surface area contributed by atoms with Crippen molar-refractivity contribution in [2.24, 2.45) is 0 Å². The molecule has 0 unspecified atom stereocenters. The second kappa shape index (κ2) is 8.33. The first kappa shape index (κ1) is 19.7. The first-order valence-electron chi connectivity index (χ1n) is 9.21. The summed E-state index contributed by atoms with van der Waals surface area (Å²) in [5.74, 6) is -0.226. The SMILES string of the molecule is CC(=O)NCC(=O)N1CCC[C@@H]1c1nc(N(C)C)ncc1-c1cccc(F)c1. The molecular weight excluding hydrogens is 361 g/mol. The van der Waals surface area contributed by atoms with Crippen molar-refractivity contribution in [2.45, 2.75) is 25.8 Å². The van der Waals surface area contributed by atoms with E-state index >= 15 is 0 Å². The molecule has 0 bridgehead atoms. The van der Waals surface area contributed by atoms with Gasteiger partial charge in [0.2, 0.25) is 17.8 Å². The van der Waals surface area contributed by atoms with Gasteiger partial charge >= 0.3 is 0 Å². The number of rotatable bonds is 5. The van der Waals surface area contributed by atoms with Crippen LogP contribution in [0.4, 0.5) is 10.3 Å². The van der Waals surface area contributed by atoms with E-state index in [1.807, 2.05) is 14.1 Å². The van der Waals surface area contributed by atoms with E-state index in [0.29, 0.717) is 29.3 Å². The molecule has 3 rings (SSSR count). The molecule has 8 heteroatoms. The predicted octanol–water partition coefficient (Wildman–Crippen LogP) is 2.15. The average molecular weight is 385 g/mol. The van der Waals surface area contributed by atoms with E-state index in [-0.39, 0.29) is 30.2 Å². The van der Waals surface area contributed by atoms with Gasteiger partial charge in [-0.2, -0.15) is 0 Å². The molecule has 1 fully saturated rings. The van der Waals surface area contributed by atoms with Crippen LogP contribution >= 0.6 is 0 Å². The minimum absolute atomic E-state index is 0.0489. The summed E-state index contributed by atoms with van der Waals surface area (Å²) in [5, 5.41) is 2.56. The zero-order valence-corrected chi connectivity index (χ0v) is 16.3. The van der Waals surface area contributed by atoms with Crippen LogP contribution in [0.5, 0.6) is 0 Å². The van der Waals surface area contributed by atoms with Gasteiger partial charge in [0.15, 0.2) is 0 Å². The van der Waals surface area contributed by atoms with E-state index in [1.165, 1.54) is 19.1 Å². The summed E-state index contributed by atoms with van der Waals surface area (Å²) < 4.78 is 13.8. The maximum Gasteiger partial charge on any atom is 0.242 e. The lowest BCUT2D eigenvalue weighted by molar-refractivity contribution is -0.133. The third-order valence-electron chi connectivity index (χ3n) is 4.72. The van der Waals surface area contributed by atoms with E-state index in [0.717, 1.165) is 12.8 Å². The summed E-state index contributed by atoms with van der Waals surface area (Å²) in [5.41, 5.74) is 2.06. The van der Waals surface area contributed by atoms with Crippen LogP contribution in [0.1, 0.15) is 31.5 Å². The van der Waals surface area contributed by atoms with Crippen LogP contribution in [0.3, 0.4) is 0 Å². The van der Waals surface area contributed by atoms with Crippen molar-refractivity contribution in [3.05, 3.63) is 42.0 Å². The number of nitrogens with one attached hydrogen (secondary N) is 1. The first-order chi connectivity index (χ1) is 13.4. The fourth-order valence-electron chi connectivity index (χ4n) is 3.38. The lowest BCUT2D eigenvalue weighted by Gasteiger charge is -2.27. The molecule has 1 aliphatic rings. The molecule has 0 aliphatic carbocycles. The van der Waals surface area contributed by atoms with Gasteiger partial charge in [-0.25, -0.2) is 14.4 Å². The quantitative estimate of drug-likeness (QED) is 0.853. The maximum absolute atomic E-state index is 13.8. The minimum atomic E-state index is -0.342. The number of benzene rings is 1. The van der Waals surface area contributed by atoms with Crippen molar-refractivity contribution in [1.29, 1.82) is 0 Å². The largest absolute Gasteiger partial charge is 0.347 e. The van der Waals surface area contributed by atoms with Crippen molar-refractivity contribution in [3.8, 4) is 11.1 Å². The summed E-state index contributed by atoms with van der Waals surface area (Å²) >= 11 is 0. The number of anilines is 1. The Hall–Kier alpha value is -3.03. The van der Waals surface area contributed by atoms with Crippen LogP contribution in [0.25, 0.3) is 11.1 Å². The number of halogens is 1. The Labute approximate surface area is 163 Å². The second-order valence-electron chi connectivity index (χ2n) is 7.03. The third-order valence-corrected chi connectivity index (χ3v) is 4.72. The number of likely N-dealkylation sites (tertiary alicyclic amines) is 1. The smallest absolute Gasteiger partial charge is 0.242 e. The summed E-state index contributed by atoms with van der Waals surface area (Å²) in [6, 6.07) is 6.02. The molecule has 28 heavy (non-hydrogen) atoms. The Kier molecular flexibility index (Phi) is 5.87. The first-order valence-corrected chi connectivity index (χ1v) is 9.21. The number of hydrogen-bond acceptors (Lipinski definition) is 5. The van der Waals surface area contributed by atoms with Crippen molar-refractivity contribution < 1.29 is 14.0 Å². The summed E-state index contributed by atoms with van der Waals surface area (Å²) in [7, 11) is 3.69. The molecule has 2 heterocycles. The monoisotopic (exact) mass is 385 g/mol. The number of carbonyl (C=O) groups is 2.